The normalized spacial score (nSPS) is 10.4. The first-order chi connectivity index (χ1) is 13.0. The van der Waals surface area contributed by atoms with Crippen LogP contribution in [0.3, 0.4) is 0 Å². The van der Waals surface area contributed by atoms with E-state index in [1.807, 2.05) is 23.6 Å². The summed E-state index contributed by atoms with van der Waals surface area (Å²) >= 11 is 1.39. The Morgan fingerprint density at radius 1 is 0.926 bits per heavy atom. The van der Waals surface area contributed by atoms with Gasteiger partial charge in [0.2, 0.25) is 0 Å². The van der Waals surface area contributed by atoms with Crippen molar-refractivity contribution in [3.8, 4) is 0 Å². The third kappa shape index (κ3) is 5.01. The number of rotatable bonds is 6. The Morgan fingerprint density at radius 3 is 2.26 bits per heavy atom. The highest BCUT2D eigenvalue weighted by Crippen LogP contribution is 2.11. The van der Waals surface area contributed by atoms with Crippen LogP contribution in [0.15, 0.2) is 60.0 Å². The Hall–Kier alpha value is -2.99. The molecule has 4 nitrogen and oxygen atoms in total. The molecule has 0 aliphatic rings. The SMILES string of the molecule is Cc1cc(CNC(=O)c2ccc(CNC(=O)c3cccs3)cc2)ccc1F. The number of carbonyl (C=O) groups excluding carboxylic acids is 2. The van der Waals surface area contributed by atoms with Gasteiger partial charge in [0.1, 0.15) is 5.82 Å². The lowest BCUT2D eigenvalue weighted by molar-refractivity contribution is 0.0943. The van der Waals surface area contributed by atoms with Crippen molar-refractivity contribution in [1.82, 2.24) is 10.6 Å². The van der Waals surface area contributed by atoms with Crippen LogP contribution >= 0.6 is 11.3 Å². The van der Waals surface area contributed by atoms with Gasteiger partial charge in [-0.2, -0.15) is 0 Å². The molecule has 0 aliphatic heterocycles. The fourth-order valence-corrected chi connectivity index (χ4v) is 3.19. The monoisotopic (exact) mass is 382 g/mol. The number of thiophene rings is 1. The van der Waals surface area contributed by atoms with Gasteiger partial charge in [-0.25, -0.2) is 4.39 Å². The van der Waals surface area contributed by atoms with E-state index in [1.54, 1.807) is 37.3 Å². The van der Waals surface area contributed by atoms with Crippen LogP contribution in [-0.2, 0) is 13.1 Å². The molecule has 0 fully saturated rings. The maximum absolute atomic E-state index is 13.3. The molecule has 3 aromatic rings. The van der Waals surface area contributed by atoms with E-state index in [1.165, 1.54) is 17.4 Å². The number of hydrogen-bond donors (Lipinski definition) is 2. The molecule has 1 aromatic heterocycles. The third-order valence-electron chi connectivity index (χ3n) is 4.09. The molecule has 0 bridgehead atoms. The van der Waals surface area contributed by atoms with Crippen molar-refractivity contribution in [3.63, 3.8) is 0 Å². The minimum Gasteiger partial charge on any atom is -0.348 e. The predicted molar refractivity (Wildman–Crippen MR) is 104 cm³/mol. The van der Waals surface area contributed by atoms with Crippen molar-refractivity contribution in [2.45, 2.75) is 20.0 Å². The Bertz CT molecular complexity index is 937. The zero-order valence-corrected chi connectivity index (χ0v) is 15.6. The van der Waals surface area contributed by atoms with Crippen LogP contribution < -0.4 is 10.6 Å². The first kappa shape index (κ1) is 18.8. The summed E-state index contributed by atoms with van der Waals surface area (Å²) in [5.41, 5.74) is 2.83. The van der Waals surface area contributed by atoms with E-state index in [0.29, 0.717) is 29.1 Å². The van der Waals surface area contributed by atoms with E-state index in [0.717, 1.165) is 11.1 Å². The Kier molecular flexibility index (Phi) is 5.98. The minimum atomic E-state index is -0.258. The molecule has 0 aliphatic carbocycles. The molecule has 3 rings (SSSR count). The summed E-state index contributed by atoms with van der Waals surface area (Å²) in [6.45, 7) is 2.42. The molecule has 0 radical (unpaired) electrons. The van der Waals surface area contributed by atoms with Gasteiger partial charge in [0.15, 0.2) is 0 Å². The van der Waals surface area contributed by atoms with E-state index in [-0.39, 0.29) is 17.6 Å². The Labute approximate surface area is 161 Å². The van der Waals surface area contributed by atoms with Crippen LogP contribution in [-0.4, -0.2) is 11.8 Å². The summed E-state index contributed by atoms with van der Waals surface area (Å²) in [4.78, 5) is 24.8. The first-order valence-electron chi connectivity index (χ1n) is 8.47. The van der Waals surface area contributed by atoms with Crippen LogP contribution in [0.5, 0.6) is 0 Å². The zero-order valence-electron chi connectivity index (χ0n) is 14.8. The third-order valence-corrected chi connectivity index (χ3v) is 4.96. The smallest absolute Gasteiger partial charge is 0.261 e. The van der Waals surface area contributed by atoms with Crippen LogP contribution in [0, 0.1) is 12.7 Å². The van der Waals surface area contributed by atoms with Gasteiger partial charge in [0, 0.05) is 18.7 Å². The molecular formula is C21H19FN2O2S. The molecule has 0 unspecified atom stereocenters. The van der Waals surface area contributed by atoms with Crippen molar-refractivity contribution in [2.75, 3.05) is 0 Å². The molecule has 2 N–H and O–H groups in total. The second kappa shape index (κ2) is 8.60. The van der Waals surface area contributed by atoms with Gasteiger partial charge in [-0.05, 0) is 53.3 Å². The van der Waals surface area contributed by atoms with Gasteiger partial charge in [0.25, 0.3) is 11.8 Å². The molecule has 27 heavy (non-hydrogen) atoms. The number of aryl methyl sites for hydroxylation is 1. The van der Waals surface area contributed by atoms with Crippen molar-refractivity contribution in [1.29, 1.82) is 0 Å². The van der Waals surface area contributed by atoms with Crippen LogP contribution in [0.4, 0.5) is 4.39 Å². The molecule has 6 heteroatoms. The molecule has 0 atom stereocenters. The highest BCUT2D eigenvalue weighted by molar-refractivity contribution is 7.12. The van der Waals surface area contributed by atoms with Gasteiger partial charge >= 0.3 is 0 Å². The lowest BCUT2D eigenvalue weighted by Crippen LogP contribution is -2.23. The fourth-order valence-electron chi connectivity index (χ4n) is 2.55. The fraction of sp³-hybridized carbons (Fsp3) is 0.143. The van der Waals surface area contributed by atoms with Crippen LogP contribution in [0.1, 0.15) is 36.7 Å². The lowest BCUT2D eigenvalue weighted by Gasteiger charge is -2.08. The lowest BCUT2D eigenvalue weighted by atomic mass is 10.1. The summed E-state index contributed by atoms with van der Waals surface area (Å²) in [5.74, 6) is -0.570. The number of hydrogen-bond acceptors (Lipinski definition) is 3. The summed E-state index contributed by atoms with van der Waals surface area (Å²) in [6, 6.07) is 15.4. The van der Waals surface area contributed by atoms with Crippen molar-refractivity contribution >= 4 is 23.2 Å². The second-order valence-electron chi connectivity index (χ2n) is 6.12. The largest absolute Gasteiger partial charge is 0.348 e. The predicted octanol–water partition coefficient (Wildman–Crippen LogP) is 4.06. The average Bonchev–Trinajstić information content (AvgIpc) is 3.22. The van der Waals surface area contributed by atoms with E-state index < -0.39 is 0 Å². The Morgan fingerprint density at radius 2 is 1.59 bits per heavy atom. The van der Waals surface area contributed by atoms with E-state index in [2.05, 4.69) is 10.6 Å². The number of carbonyl (C=O) groups is 2. The zero-order chi connectivity index (χ0) is 19.2. The van der Waals surface area contributed by atoms with Crippen LogP contribution in [0.25, 0.3) is 0 Å². The van der Waals surface area contributed by atoms with Gasteiger partial charge in [-0.1, -0.05) is 30.3 Å². The minimum absolute atomic E-state index is 0.110. The van der Waals surface area contributed by atoms with Gasteiger partial charge in [-0.15, -0.1) is 11.3 Å². The highest BCUT2D eigenvalue weighted by Gasteiger charge is 2.08. The summed E-state index contributed by atoms with van der Waals surface area (Å²) < 4.78 is 13.3. The van der Waals surface area contributed by atoms with Gasteiger partial charge < -0.3 is 10.6 Å². The number of halogens is 1. The quantitative estimate of drug-likeness (QED) is 0.676. The first-order valence-corrected chi connectivity index (χ1v) is 9.35. The van der Waals surface area contributed by atoms with Crippen molar-refractivity contribution in [3.05, 3.63) is 92.9 Å². The van der Waals surface area contributed by atoms with Crippen molar-refractivity contribution in [2.24, 2.45) is 0 Å². The number of nitrogens with one attached hydrogen (secondary N) is 2. The van der Waals surface area contributed by atoms with E-state index in [9.17, 15) is 14.0 Å². The molecule has 0 saturated heterocycles. The molecular weight excluding hydrogens is 363 g/mol. The van der Waals surface area contributed by atoms with E-state index >= 15 is 0 Å². The van der Waals surface area contributed by atoms with Crippen LogP contribution in [0.2, 0.25) is 0 Å². The van der Waals surface area contributed by atoms with Gasteiger partial charge in [-0.3, -0.25) is 9.59 Å². The molecule has 2 amide bonds. The molecule has 138 valence electrons. The molecule has 0 spiro atoms. The Balaban J connectivity index is 1.52. The highest BCUT2D eigenvalue weighted by atomic mass is 32.1. The summed E-state index contributed by atoms with van der Waals surface area (Å²) in [7, 11) is 0. The average molecular weight is 382 g/mol. The maximum Gasteiger partial charge on any atom is 0.261 e. The standard InChI is InChI=1S/C21H19FN2O2S/c1-14-11-16(6-9-18(14)22)13-23-20(25)17-7-4-15(5-8-17)12-24-21(26)19-3-2-10-27-19/h2-11H,12-13H2,1H3,(H,23,25)(H,24,26). The topological polar surface area (TPSA) is 58.2 Å². The van der Waals surface area contributed by atoms with Crippen molar-refractivity contribution < 1.29 is 14.0 Å². The van der Waals surface area contributed by atoms with Gasteiger partial charge in [0.05, 0.1) is 4.88 Å². The summed E-state index contributed by atoms with van der Waals surface area (Å²) in [5, 5.41) is 7.52. The second-order valence-corrected chi connectivity index (χ2v) is 7.07. The van der Waals surface area contributed by atoms with E-state index in [4.69, 9.17) is 0 Å². The number of amides is 2. The molecule has 2 aromatic carbocycles. The molecule has 1 heterocycles. The molecule has 0 saturated carbocycles. The maximum atomic E-state index is 13.3. The summed E-state index contributed by atoms with van der Waals surface area (Å²) in [6.07, 6.45) is 0. The number of benzene rings is 2.